The predicted molar refractivity (Wildman–Crippen MR) is 78.2 cm³/mol. The summed E-state index contributed by atoms with van der Waals surface area (Å²) >= 11 is 0. The van der Waals surface area contributed by atoms with E-state index in [1.165, 1.54) is 12.8 Å². The lowest BCUT2D eigenvalue weighted by Crippen LogP contribution is -2.42. The van der Waals surface area contributed by atoms with Gasteiger partial charge in [-0.1, -0.05) is 31.7 Å². The van der Waals surface area contributed by atoms with Gasteiger partial charge in [-0.15, -0.1) is 0 Å². The molecule has 4 heteroatoms. The van der Waals surface area contributed by atoms with Gasteiger partial charge in [0.05, 0.1) is 5.60 Å². The smallest absolute Gasteiger partial charge is 0.220 e. The molecule has 1 aliphatic rings. The minimum absolute atomic E-state index is 0.00618. The molecule has 2 N–H and O–H groups in total. The van der Waals surface area contributed by atoms with Gasteiger partial charge in [0.25, 0.3) is 0 Å². The third-order valence-electron chi connectivity index (χ3n) is 3.98. The SMILES string of the molecule is O=C(CCc1ccccn1)NCC1(O)CCCCCC1. The van der Waals surface area contributed by atoms with Gasteiger partial charge in [-0.2, -0.15) is 0 Å². The van der Waals surface area contributed by atoms with Crippen LogP contribution in [0.1, 0.15) is 50.6 Å². The number of pyridine rings is 1. The van der Waals surface area contributed by atoms with E-state index >= 15 is 0 Å². The van der Waals surface area contributed by atoms with E-state index in [1.54, 1.807) is 6.20 Å². The molecule has 2 rings (SSSR count). The zero-order chi connectivity index (χ0) is 14.3. The van der Waals surface area contributed by atoms with Crippen LogP contribution in [0.2, 0.25) is 0 Å². The highest BCUT2D eigenvalue weighted by atomic mass is 16.3. The number of amides is 1. The van der Waals surface area contributed by atoms with Crippen LogP contribution in [-0.4, -0.2) is 28.1 Å². The third kappa shape index (κ3) is 4.93. The lowest BCUT2D eigenvalue weighted by molar-refractivity contribution is -0.122. The number of nitrogens with zero attached hydrogens (tertiary/aromatic N) is 1. The summed E-state index contributed by atoms with van der Waals surface area (Å²) in [5, 5.41) is 13.3. The summed E-state index contributed by atoms with van der Waals surface area (Å²) in [6.45, 7) is 0.383. The Balaban J connectivity index is 1.71. The van der Waals surface area contributed by atoms with Crippen molar-refractivity contribution in [3.05, 3.63) is 30.1 Å². The topological polar surface area (TPSA) is 62.2 Å². The summed E-state index contributed by atoms with van der Waals surface area (Å²) < 4.78 is 0. The first-order chi connectivity index (χ1) is 9.68. The van der Waals surface area contributed by atoms with Crippen LogP contribution in [0.15, 0.2) is 24.4 Å². The van der Waals surface area contributed by atoms with Crippen LogP contribution in [0.4, 0.5) is 0 Å². The van der Waals surface area contributed by atoms with Crippen molar-refractivity contribution in [2.24, 2.45) is 0 Å². The maximum absolute atomic E-state index is 11.8. The molecule has 1 aliphatic carbocycles. The molecular weight excluding hydrogens is 252 g/mol. The number of rotatable bonds is 5. The van der Waals surface area contributed by atoms with Crippen LogP contribution >= 0.6 is 0 Å². The number of hydrogen-bond donors (Lipinski definition) is 2. The normalized spacial score (nSPS) is 18.2. The second-order valence-corrected chi connectivity index (χ2v) is 5.74. The lowest BCUT2D eigenvalue weighted by Gasteiger charge is -2.26. The molecular formula is C16H24N2O2. The minimum atomic E-state index is -0.697. The fraction of sp³-hybridized carbons (Fsp3) is 0.625. The van der Waals surface area contributed by atoms with Crippen molar-refractivity contribution in [3.63, 3.8) is 0 Å². The van der Waals surface area contributed by atoms with E-state index in [4.69, 9.17) is 0 Å². The monoisotopic (exact) mass is 276 g/mol. The number of carbonyl (C=O) groups is 1. The predicted octanol–water partition coefficient (Wildman–Crippen LogP) is 2.22. The Hall–Kier alpha value is -1.42. The largest absolute Gasteiger partial charge is 0.388 e. The van der Waals surface area contributed by atoms with Gasteiger partial charge in [0.2, 0.25) is 5.91 Å². The van der Waals surface area contributed by atoms with E-state index in [9.17, 15) is 9.90 Å². The molecule has 1 fully saturated rings. The van der Waals surface area contributed by atoms with E-state index in [1.807, 2.05) is 18.2 Å². The van der Waals surface area contributed by atoms with E-state index < -0.39 is 5.60 Å². The molecule has 0 unspecified atom stereocenters. The summed E-state index contributed by atoms with van der Waals surface area (Å²) in [5.74, 6) is -0.00618. The first kappa shape index (κ1) is 15.0. The minimum Gasteiger partial charge on any atom is -0.388 e. The lowest BCUT2D eigenvalue weighted by atomic mass is 9.94. The van der Waals surface area contributed by atoms with Crippen molar-refractivity contribution in [3.8, 4) is 0 Å². The quantitative estimate of drug-likeness (QED) is 0.811. The molecule has 0 bridgehead atoms. The molecule has 0 atom stereocenters. The molecule has 110 valence electrons. The highest BCUT2D eigenvalue weighted by molar-refractivity contribution is 5.76. The second-order valence-electron chi connectivity index (χ2n) is 5.74. The van der Waals surface area contributed by atoms with Gasteiger partial charge in [0.15, 0.2) is 0 Å². The Morgan fingerprint density at radius 1 is 1.25 bits per heavy atom. The van der Waals surface area contributed by atoms with E-state index in [-0.39, 0.29) is 5.91 Å². The fourth-order valence-corrected chi connectivity index (χ4v) is 2.70. The van der Waals surface area contributed by atoms with Gasteiger partial charge in [0.1, 0.15) is 0 Å². The third-order valence-corrected chi connectivity index (χ3v) is 3.98. The van der Waals surface area contributed by atoms with Crippen molar-refractivity contribution in [1.29, 1.82) is 0 Å². The number of hydrogen-bond acceptors (Lipinski definition) is 3. The van der Waals surface area contributed by atoms with Crippen molar-refractivity contribution >= 4 is 5.91 Å². The molecule has 4 nitrogen and oxygen atoms in total. The molecule has 1 saturated carbocycles. The second kappa shape index (κ2) is 7.39. The molecule has 20 heavy (non-hydrogen) atoms. The Kier molecular flexibility index (Phi) is 5.53. The molecule has 1 heterocycles. The summed E-state index contributed by atoms with van der Waals surface area (Å²) in [7, 11) is 0. The maximum atomic E-state index is 11.8. The van der Waals surface area contributed by atoms with E-state index in [0.29, 0.717) is 19.4 Å². The van der Waals surface area contributed by atoms with Gasteiger partial charge in [0, 0.05) is 24.9 Å². The Labute approximate surface area is 120 Å². The first-order valence-corrected chi connectivity index (χ1v) is 7.57. The molecule has 0 radical (unpaired) electrons. The summed E-state index contributed by atoms with van der Waals surface area (Å²) in [6.07, 6.45) is 8.90. The Bertz CT molecular complexity index is 412. The Morgan fingerprint density at radius 2 is 2.00 bits per heavy atom. The van der Waals surface area contributed by atoms with Gasteiger partial charge < -0.3 is 10.4 Å². The van der Waals surface area contributed by atoms with Gasteiger partial charge in [-0.25, -0.2) is 0 Å². The molecule has 0 aromatic carbocycles. The van der Waals surface area contributed by atoms with Crippen molar-refractivity contribution in [1.82, 2.24) is 10.3 Å². The van der Waals surface area contributed by atoms with Crippen molar-refractivity contribution < 1.29 is 9.90 Å². The zero-order valence-electron chi connectivity index (χ0n) is 12.0. The average Bonchev–Trinajstić information content (AvgIpc) is 2.69. The number of nitrogens with one attached hydrogen (secondary N) is 1. The number of carbonyl (C=O) groups excluding carboxylic acids is 1. The zero-order valence-corrected chi connectivity index (χ0v) is 12.0. The van der Waals surface area contributed by atoms with Crippen LogP contribution in [0.5, 0.6) is 0 Å². The highest BCUT2D eigenvalue weighted by Crippen LogP contribution is 2.26. The van der Waals surface area contributed by atoms with Crippen molar-refractivity contribution in [2.75, 3.05) is 6.54 Å². The highest BCUT2D eigenvalue weighted by Gasteiger charge is 2.28. The Morgan fingerprint density at radius 3 is 2.65 bits per heavy atom. The van der Waals surface area contributed by atoms with Crippen LogP contribution in [0, 0.1) is 0 Å². The van der Waals surface area contributed by atoms with E-state index in [0.717, 1.165) is 31.4 Å². The summed E-state index contributed by atoms with van der Waals surface area (Å²) in [5.41, 5.74) is 0.229. The van der Waals surface area contributed by atoms with Gasteiger partial charge in [-0.3, -0.25) is 9.78 Å². The molecule has 0 aliphatic heterocycles. The van der Waals surface area contributed by atoms with Crippen LogP contribution in [0.3, 0.4) is 0 Å². The first-order valence-electron chi connectivity index (χ1n) is 7.57. The van der Waals surface area contributed by atoms with Crippen molar-refractivity contribution in [2.45, 2.75) is 57.0 Å². The van der Waals surface area contributed by atoms with Gasteiger partial charge >= 0.3 is 0 Å². The van der Waals surface area contributed by atoms with Crippen LogP contribution in [0.25, 0.3) is 0 Å². The fourth-order valence-electron chi connectivity index (χ4n) is 2.70. The van der Waals surface area contributed by atoms with E-state index in [2.05, 4.69) is 10.3 Å². The molecule has 1 amide bonds. The van der Waals surface area contributed by atoms with Crippen LogP contribution in [-0.2, 0) is 11.2 Å². The number of aliphatic hydroxyl groups is 1. The average molecular weight is 276 g/mol. The molecule has 1 aromatic heterocycles. The molecule has 0 saturated heterocycles. The summed E-state index contributed by atoms with van der Waals surface area (Å²) in [6, 6.07) is 5.71. The standard InChI is InChI=1S/C16H24N2O2/c19-15(9-8-14-7-3-6-12-17-14)18-13-16(20)10-4-1-2-5-11-16/h3,6-7,12,20H,1-2,4-5,8-11,13H2,(H,18,19). The maximum Gasteiger partial charge on any atom is 0.220 e. The number of aromatic nitrogens is 1. The van der Waals surface area contributed by atoms with Gasteiger partial charge in [-0.05, 0) is 31.4 Å². The molecule has 1 aromatic rings. The number of aryl methyl sites for hydroxylation is 1. The molecule has 0 spiro atoms. The van der Waals surface area contributed by atoms with Crippen LogP contribution < -0.4 is 5.32 Å². The summed E-state index contributed by atoms with van der Waals surface area (Å²) in [4.78, 5) is 16.0.